The predicted octanol–water partition coefficient (Wildman–Crippen LogP) is 2.67. The Bertz CT molecular complexity index is 521. The summed E-state index contributed by atoms with van der Waals surface area (Å²) >= 11 is 3.55. The summed E-state index contributed by atoms with van der Waals surface area (Å²) in [6.45, 7) is 0.398. The van der Waals surface area contributed by atoms with E-state index in [9.17, 15) is 12.8 Å². The number of sulfonamides is 1. The van der Waals surface area contributed by atoms with Crippen LogP contribution in [0.1, 0.15) is 19.3 Å². The van der Waals surface area contributed by atoms with Crippen molar-refractivity contribution in [2.45, 2.75) is 29.0 Å². The maximum atomic E-state index is 13.0. The molecule has 0 heterocycles. The molecule has 1 aromatic carbocycles. The van der Waals surface area contributed by atoms with Crippen LogP contribution in [0.15, 0.2) is 29.2 Å². The quantitative estimate of drug-likeness (QED) is 0.860. The molecule has 0 aliphatic heterocycles. The predicted molar refractivity (Wildman–Crippen MR) is 71.6 cm³/mol. The van der Waals surface area contributed by atoms with E-state index in [-0.39, 0.29) is 4.90 Å². The van der Waals surface area contributed by atoms with E-state index in [1.54, 1.807) is 0 Å². The zero-order valence-electron chi connectivity index (χ0n) is 9.77. The molecule has 0 aromatic heterocycles. The van der Waals surface area contributed by atoms with Crippen LogP contribution in [-0.4, -0.2) is 19.8 Å². The van der Waals surface area contributed by atoms with Gasteiger partial charge in [0.05, 0.1) is 4.90 Å². The standard InChI is InChI=1S/C12H15BrFNO2S/c13-12-6-1-3-9(12)8-15-18(16,17)11-5-2-4-10(14)7-11/h2,4-5,7,9,12,15H,1,3,6,8H2. The molecule has 1 saturated carbocycles. The lowest BCUT2D eigenvalue weighted by atomic mass is 10.1. The van der Waals surface area contributed by atoms with Gasteiger partial charge in [0, 0.05) is 11.4 Å². The molecule has 2 rings (SSSR count). The van der Waals surface area contributed by atoms with Crippen LogP contribution in [0.3, 0.4) is 0 Å². The van der Waals surface area contributed by atoms with Crippen molar-refractivity contribution in [3.63, 3.8) is 0 Å². The topological polar surface area (TPSA) is 46.2 Å². The highest BCUT2D eigenvalue weighted by Crippen LogP contribution is 2.31. The zero-order valence-corrected chi connectivity index (χ0v) is 12.2. The molecule has 0 radical (unpaired) electrons. The maximum Gasteiger partial charge on any atom is 0.240 e. The van der Waals surface area contributed by atoms with Crippen molar-refractivity contribution >= 4 is 26.0 Å². The number of nitrogens with one attached hydrogen (secondary N) is 1. The first-order valence-electron chi connectivity index (χ1n) is 5.88. The minimum Gasteiger partial charge on any atom is -0.211 e. The van der Waals surface area contributed by atoms with Crippen LogP contribution < -0.4 is 4.72 Å². The molecule has 3 nitrogen and oxygen atoms in total. The van der Waals surface area contributed by atoms with Crippen LogP contribution in [0.5, 0.6) is 0 Å². The van der Waals surface area contributed by atoms with E-state index in [1.807, 2.05) is 0 Å². The molecule has 18 heavy (non-hydrogen) atoms. The van der Waals surface area contributed by atoms with E-state index < -0.39 is 15.8 Å². The second-order valence-corrected chi connectivity index (χ2v) is 7.46. The number of halogens is 2. The van der Waals surface area contributed by atoms with Crippen molar-refractivity contribution in [2.24, 2.45) is 5.92 Å². The molecule has 1 N–H and O–H groups in total. The van der Waals surface area contributed by atoms with Gasteiger partial charge < -0.3 is 0 Å². The molecule has 1 aliphatic rings. The van der Waals surface area contributed by atoms with Gasteiger partial charge in [-0.1, -0.05) is 28.4 Å². The Hall–Kier alpha value is -0.460. The fraction of sp³-hybridized carbons (Fsp3) is 0.500. The maximum absolute atomic E-state index is 13.0. The van der Waals surface area contributed by atoms with Crippen LogP contribution in [0.4, 0.5) is 4.39 Å². The van der Waals surface area contributed by atoms with Crippen molar-refractivity contribution in [1.82, 2.24) is 4.72 Å². The van der Waals surface area contributed by atoms with Gasteiger partial charge in [-0.15, -0.1) is 0 Å². The van der Waals surface area contributed by atoms with E-state index in [4.69, 9.17) is 0 Å². The van der Waals surface area contributed by atoms with Gasteiger partial charge in [0.1, 0.15) is 5.82 Å². The lowest BCUT2D eigenvalue weighted by molar-refractivity contribution is 0.528. The highest BCUT2D eigenvalue weighted by Gasteiger charge is 2.26. The third-order valence-corrected chi connectivity index (χ3v) is 5.83. The van der Waals surface area contributed by atoms with Crippen molar-refractivity contribution in [1.29, 1.82) is 0 Å². The number of alkyl halides is 1. The lowest BCUT2D eigenvalue weighted by Gasteiger charge is -2.14. The SMILES string of the molecule is O=S(=O)(NCC1CCCC1Br)c1cccc(F)c1. The third-order valence-electron chi connectivity index (χ3n) is 3.21. The minimum absolute atomic E-state index is 0.0216. The molecular weight excluding hydrogens is 321 g/mol. The largest absolute Gasteiger partial charge is 0.240 e. The first-order valence-corrected chi connectivity index (χ1v) is 8.28. The average molecular weight is 336 g/mol. The van der Waals surface area contributed by atoms with E-state index in [1.165, 1.54) is 18.2 Å². The molecule has 1 aromatic rings. The number of hydrogen-bond acceptors (Lipinski definition) is 2. The number of rotatable bonds is 4. The Morgan fingerprint density at radius 3 is 2.78 bits per heavy atom. The molecule has 0 amide bonds. The summed E-state index contributed by atoms with van der Waals surface area (Å²) in [5.74, 6) is -0.231. The number of hydrogen-bond donors (Lipinski definition) is 1. The van der Waals surface area contributed by atoms with Crippen molar-refractivity contribution in [3.8, 4) is 0 Å². The molecule has 100 valence electrons. The van der Waals surface area contributed by atoms with Crippen molar-refractivity contribution in [3.05, 3.63) is 30.1 Å². The number of benzene rings is 1. The third kappa shape index (κ3) is 3.30. The Morgan fingerprint density at radius 2 is 2.17 bits per heavy atom. The highest BCUT2D eigenvalue weighted by atomic mass is 79.9. The fourth-order valence-corrected chi connectivity index (χ4v) is 4.06. The second kappa shape index (κ2) is 5.67. The summed E-state index contributed by atoms with van der Waals surface area (Å²) in [5, 5.41) is 0. The summed E-state index contributed by atoms with van der Waals surface area (Å²) in [6.07, 6.45) is 3.20. The summed E-state index contributed by atoms with van der Waals surface area (Å²) in [7, 11) is -3.60. The molecule has 0 bridgehead atoms. The first kappa shape index (κ1) is 14.0. The first-order chi connectivity index (χ1) is 8.49. The van der Waals surface area contributed by atoms with Gasteiger partial charge in [-0.3, -0.25) is 0 Å². The normalized spacial score (nSPS) is 24.3. The van der Waals surface area contributed by atoms with E-state index in [0.29, 0.717) is 17.3 Å². The van der Waals surface area contributed by atoms with Crippen LogP contribution in [0.25, 0.3) is 0 Å². The molecule has 0 saturated heterocycles. The second-order valence-electron chi connectivity index (χ2n) is 4.52. The molecule has 1 fully saturated rings. The van der Waals surface area contributed by atoms with Gasteiger partial charge >= 0.3 is 0 Å². The van der Waals surface area contributed by atoms with Crippen LogP contribution >= 0.6 is 15.9 Å². The Balaban J connectivity index is 2.03. The lowest BCUT2D eigenvalue weighted by Crippen LogP contribution is -2.31. The molecule has 2 atom stereocenters. The van der Waals surface area contributed by atoms with Gasteiger partial charge in [0.25, 0.3) is 0 Å². The van der Waals surface area contributed by atoms with Gasteiger partial charge in [0.2, 0.25) is 10.0 Å². The molecule has 6 heteroatoms. The Morgan fingerprint density at radius 1 is 1.39 bits per heavy atom. The Kier molecular flexibility index (Phi) is 4.40. The van der Waals surface area contributed by atoms with Crippen molar-refractivity contribution < 1.29 is 12.8 Å². The molecule has 0 spiro atoms. The Labute approximate surface area is 115 Å². The summed E-state index contributed by atoms with van der Waals surface area (Å²) in [6, 6.07) is 5.05. The average Bonchev–Trinajstić information content (AvgIpc) is 2.72. The van der Waals surface area contributed by atoms with E-state index >= 15 is 0 Å². The molecule has 1 aliphatic carbocycles. The molecular formula is C12H15BrFNO2S. The van der Waals surface area contributed by atoms with Gasteiger partial charge in [-0.05, 0) is 37.0 Å². The highest BCUT2D eigenvalue weighted by molar-refractivity contribution is 9.09. The van der Waals surface area contributed by atoms with E-state index in [0.717, 1.165) is 25.3 Å². The summed E-state index contributed by atoms with van der Waals surface area (Å²) < 4.78 is 39.5. The van der Waals surface area contributed by atoms with Gasteiger partial charge in [0.15, 0.2) is 0 Å². The van der Waals surface area contributed by atoms with Crippen LogP contribution in [0.2, 0.25) is 0 Å². The summed E-state index contributed by atoms with van der Waals surface area (Å²) in [4.78, 5) is 0.347. The summed E-state index contributed by atoms with van der Waals surface area (Å²) in [5.41, 5.74) is 0. The van der Waals surface area contributed by atoms with Crippen LogP contribution in [-0.2, 0) is 10.0 Å². The van der Waals surface area contributed by atoms with Crippen LogP contribution in [0, 0.1) is 11.7 Å². The fourth-order valence-electron chi connectivity index (χ4n) is 2.16. The van der Waals surface area contributed by atoms with Gasteiger partial charge in [-0.2, -0.15) is 0 Å². The zero-order chi connectivity index (χ0) is 13.2. The van der Waals surface area contributed by atoms with Gasteiger partial charge in [-0.25, -0.2) is 17.5 Å². The van der Waals surface area contributed by atoms with E-state index in [2.05, 4.69) is 20.7 Å². The minimum atomic E-state index is -3.60. The smallest absolute Gasteiger partial charge is 0.211 e. The molecule has 2 unspecified atom stereocenters. The monoisotopic (exact) mass is 335 g/mol. The van der Waals surface area contributed by atoms with Crippen molar-refractivity contribution in [2.75, 3.05) is 6.54 Å².